The first-order valence-electron chi connectivity index (χ1n) is 5.39. The van der Waals surface area contributed by atoms with E-state index in [4.69, 9.17) is 34.8 Å². The minimum atomic E-state index is -0.434. The highest BCUT2D eigenvalue weighted by Gasteiger charge is 2.12. The summed E-state index contributed by atoms with van der Waals surface area (Å²) >= 11 is 17.6. The predicted molar refractivity (Wildman–Crippen MR) is 75.9 cm³/mol. The number of ketones is 1. The molecule has 0 heterocycles. The molecule has 2 rings (SSSR count). The molecule has 0 aliphatic carbocycles. The second-order valence-corrected chi connectivity index (χ2v) is 5.27. The van der Waals surface area contributed by atoms with Gasteiger partial charge in [0, 0.05) is 27.1 Å². The lowest BCUT2D eigenvalue weighted by molar-refractivity contribution is 0.0993. The maximum absolute atomic E-state index is 13.1. The highest BCUT2D eigenvalue weighted by atomic mass is 35.5. The average molecular weight is 318 g/mol. The molecule has 0 spiro atoms. The van der Waals surface area contributed by atoms with E-state index in [-0.39, 0.29) is 12.2 Å². The molecule has 0 bridgehead atoms. The second kappa shape index (κ2) is 5.91. The van der Waals surface area contributed by atoms with Crippen molar-refractivity contribution >= 4 is 40.6 Å². The van der Waals surface area contributed by atoms with Crippen molar-refractivity contribution in [1.82, 2.24) is 0 Å². The normalized spacial score (nSPS) is 10.5. The Kier molecular flexibility index (Phi) is 4.46. The van der Waals surface area contributed by atoms with Crippen LogP contribution >= 0.6 is 34.8 Å². The van der Waals surface area contributed by atoms with Crippen molar-refractivity contribution in [3.05, 3.63) is 68.4 Å². The molecular formula is C14H8Cl3FO. The zero-order chi connectivity index (χ0) is 14.0. The van der Waals surface area contributed by atoms with E-state index >= 15 is 0 Å². The number of carbonyl (C=O) groups is 1. The van der Waals surface area contributed by atoms with Gasteiger partial charge in [-0.05, 0) is 42.0 Å². The molecule has 98 valence electrons. The number of halogens is 4. The van der Waals surface area contributed by atoms with Crippen LogP contribution in [0.25, 0.3) is 0 Å². The lowest BCUT2D eigenvalue weighted by atomic mass is 10.0. The first-order chi connectivity index (χ1) is 8.95. The standard InChI is InChI=1S/C14H8Cl3FO/c15-10-3-9(4-11(16)7-10)14(19)6-8-5-12(18)1-2-13(8)17/h1-5,7H,6H2. The fraction of sp³-hybridized carbons (Fsp3) is 0.0714. The van der Waals surface area contributed by atoms with Crippen LogP contribution in [0.3, 0.4) is 0 Å². The molecule has 0 N–H and O–H groups in total. The van der Waals surface area contributed by atoms with E-state index in [0.29, 0.717) is 26.2 Å². The van der Waals surface area contributed by atoms with Gasteiger partial charge in [-0.1, -0.05) is 34.8 Å². The minimum absolute atomic E-state index is 0.00668. The largest absolute Gasteiger partial charge is 0.294 e. The monoisotopic (exact) mass is 316 g/mol. The minimum Gasteiger partial charge on any atom is -0.294 e. The smallest absolute Gasteiger partial charge is 0.167 e. The van der Waals surface area contributed by atoms with E-state index in [1.165, 1.54) is 36.4 Å². The number of Topliss-reactive ketones (excluding diaryl/α,β-unsaturated/α-hetero) is 1. The van der Waals surface area contributed by atoms with Crippen molar-refractivity contribution in [2.45, 2.75) is 6.42 Å². The topological polar surface area (TPSA) is 17.1 Å². The molecule has 2 aromatic rings. The molecule has 1 nitrogen and oxygen atoms in total. The van der Waals surface area contributed by atoms with Crippen LogP contribution in [0.4, 0.5) is 4.39 Å². The van der Waals surface area contributed by atoms with Crippen LogP contribution in [0.2, 0.25) is 15.1 Å². The molecule has 0 aliphatic rings. The summed E-state index contributed by atoms with van der Waals surface area (Å²) < 4.78 is 13.1. The van der Waals surface area contributed by atoms with E-state index in [9.17, 15) is 9.18 Å². The van der Waals surface area contributed by atoms with Gasteiger partial charge in [-0.25, -0.2) is 4.39 Å². The van der Waals surface area contributed by atoms with Crippen molar-refractivity contribution in [2.24, 2.45) is 0 Å². The number of rotatable bonds is 3. The Morgan fingerprint density at radius 2 is 1.63 bits per heavy atom. The molecule has 19 heavy (non-hydrogen) atoms. The van der Waals surface area contributed by atoms with E-state index in [1.54, 1.807) is 0 Å². The molecule has 0 radical (unpaired) electrons. The van der Waals surface area contributed by atoms with Crippen molar-refractivity contribution in [3.8, 4) is 0 Å². The lowest BCUT2D eigenvalue weighted by Gasteiger charge is -2.05. The Balaban J connectivity index is 2.28. The molecule has 0 fully saturated rings. The van der Waals surface area contributed by atoms with Gasteiger partial charge < -0.3 is 0 Å². The van der Waals surface area contributed by atoms with Gasteiger partial charge in [0.05, 0.1) is 0 Å². The third-order valence-corrected chi connectivity index (χ3v) is 3.35. The highest BCUT2D eigenvalue weighted by Crippen LogP contribution is 2.22. The average Bonchev–Trinajstić information content (AvgIpc) is 2.32. The van der Waals surface area contributed by atoms with Crippen molar-refractivity contribution in [3.63, 3.8) is 0 Å². The van der Waals surface area contributed by atoms with Crippen molar-refractivity contribution in [1.29, 1.82) is 0 Å². The van der Waals surface area contributed by atoms with Crippen LogP contribution in [0, 0.1) is 5.82 Å². The molecule has 0 saturated carbocycles. The van der Waals surface area contributed by atoms with Gasteiger partial charge in [0.25, 0.3) is 0 Å². The summed E-state index contributed by atoms with van der Waals surface area (Å²) in [5, 5.41) is 1.10. The Hall–Kier alpha value is -1.09. The summed E-state index contributed by atoms with van der Waals surface area (Å²) in [6.45, 7) is 0. The van der Waals surface area contributed by atoms with Crippen molar-refractivity contribution in [2.75, 3.05) is 0 Å². The molecule has 0 aliphatic heterocycles. The maximum Gasteiger partial charge on any atom is 0.167 e. The van der Waals surface area contributed by atoms with Gasteiger partial charge in [-0.15, -0.1) is 0 Å². The van der Waals surface area contributed by atoms with Crippen LogP contribution in [0.15, 0.2) is 36.4 Å². The molecule has 0 amide bonds. The quantitative estimate of drug-likeness (QED) is 0.710. The Morgan fingerprint density at radius 1 is 1.00 bits per heavy atom. The van der Waals surface area contributed by atoms with E-state index in [0.717, 1.165) is 0 Å². The zero-order valence-corrected chi connectivity index (χ0v) is 11.9. The molecule has 2 aromatic carbocycles. The second-order valence-electron chi connectivity index (χ2n) is 3.99. The van der Waals surface area contributed by atoms with Gasteiger partial charge in [0.1, 0.15) is 5.82 Å². The summed E-state index contributed by atoms with van der Waals surface area (Å²) in [6, 6.07) is 8.48. The molecule has 0 atom stereocenters. The Bertz CT molecular complexity index is 620. The van der Waals surface area contributed by atoms with Crippen molar-refractivity contribution < 1.29 is 9.18 Å². The SMILES string of the molecule is O=C(Cc1cc(F)ccc1Cl)c1cc(Cl)cc(Cl)c1. The number of benzene rings is 2. The summed E-state index contributed by atoms with van der Waals surface area (Å²) in [4.78, 5) is 12.1. The van der Waals surface area contributed by atoms with E-state index in [2.05, 4.69) is 0 Å². The Labute approximate surface area is 124 Å². The number of hydrogen-bond acceptors (Lipinski definition) is 1. The van der Waals surface area contributed by atoms with E-state index < -0.39 is 5.82 Å². The van der Waals surface area contributed by atoms with Gasteiger partial charge in [0.2, 0.25) is 0 Å². The number of carbonyl (C=O) groups excluding carboxylic acids is 1. The molecule has 0 saturated heterocycles. The molecule has 5 heteroatoms. The fourth-order valence-electron chi connectivity index (χ4n) is 1.67. The van der Waals surface area contributed by atoms with Crippen LogP contribution in [-0.4, -0.2) is 5.78 Å². The van der Waals surface area contributed by atoms with E-state index in [1.807, 2.05) is 0 Å². The first-order valence-corrected chi connectivity index (χ1v) is 6.52. The molecule has 0 aromatic heterocycles. The van der Waals surface area contributed by atoms with Crippen LogP contribution in [0.1, 0.15) is 15.9 Å². The Morgan fingerprint density at radius 3 is 2.26 bits per heavy atom. The first kappa shape index (κ1) is 14.3. The fourth-order valence-corrected chi connectivity index (χ4v) is 2.38. The predicted octanol–water partition coefficient (Wildman–Crippen LogP) is 5.21. The zero-order valence-electron chi connectivity index (χ0n) is 9.59. The van der Waals surface area contributed by atoms with Crippen LogP contribution in [-0.2, 0) is 6.42 Å². The lowest BCUT2D eigenvalue weighted by Crippen LogP contribution is -2.04. The third-order valence-electron chi connectivity index (χ3n) is 2.54. The molecule has 0 unspecified atom stereocenters. The van der Waals surface area contributed by atoms with Gasteiger partial charge >= 0.3 is 0 Å². The summed E-state index contributed by atoms with van der Waals surface area (Å²) in [5.74, 6) is -0.659. The van der Waals surface area contributed by atoms with Gasteiger partial charge in [0.15, 0.2) is 5.78 Å². The van der Waals surface area contributed by atoms with Crippen LogP contribution in [0.5, 0.6) is 0 Å². The summed E-state index contributed by atoms with van der Waals surface area (Å²) in [6.07, 6.45) is -0.00668. The maximum atomic E-state index is 13.1. The van der Waals surface area contributed by atoms with Gasteiger partial charge in [-0.2, -0.15) is 0 Å². The summed E-state index contributed by atoms with van der Waals surface area (Å²) in [7, 11) is 0. The van der Waals surface area contributed by atoms with Crippen LogP contribution < -0.4 is 0 Å². The van der Waals surface area contributed by atoms with Gasteiger partial charge in [-0.3, -0.25) is 4.79 Å². The number of hydrogen-bond donors (Lipinski definition) is 0. The summed E-state index contributed by atoms with van der Waals surface area (Å²) in [5.41, 5.74) is 0.806. The molecular weight excluding hydrogens is 310 g/mol. The third kappa shape index (κ3) is 3.69. The highest BCUT2D eigenvalue weighted by molar-refractivity contribution is 6.35.